The molecule has 16 heavy (non-hydrogen) atoms. The van der Waals surface area contributed by atoms with Crippen molar-refractivity contribution in [2.75, 3.05) is 0 Å². The molecule has 1 aromatic heterocycles. The van der Waals surface area contributed by atoms with Gasteiger partial charge in [-0.1, -0.05) is 12.1 Å². The third-order valence-electron chi connectivity index (χ3n) is 2.58. The van der Waals surface area contributed by atoms with Crippen LogP contribution in [0.1, 0.15) is 17.9 Å². The van der Waals surface area contributed by atoms with Crippen LogP contribution in [0, 0.1) is 0 Å². The molecule has 1 aromatic carbocycles. The van der Waals surface area contributed by atoms with Gasteiger partial charge >= 0.3 is 5.97 Å². The molecule has 0 amide bonds. The van der Waals surface area contributed by atoms with Crippen molar-refractivity contribution < 1.29 is 14.3 Å². The largest absolute Gasteiger partial charge is 0.481 e. The Morgan fingerprint density at radius 2 is 2.31 bits per heavy atom. The molecular formula is C13H12O3. The normalized spacial score (nSPS) is 12.5. The molecule has 0 saturated carbocycles. The first-order valence-corrected chi connectivity index (χ1v) is 5.03. The van der Waals surface area contributed by atoms with E-state index in [0.29, 0.717) is 6.42 Å². The molecule has 0 bridgehead atoms. The molecule has 3 heteroatoms. The highest BCUT2D eigenvalue weighted by Crippen LogP contribution is 2.25. The third-order valence-corrected chi connectivity index (χ3v) is 2.58. The van der Waals surface area contributed by atoms with Crippen LogP contribution in [0.2, 0.25) is 0 Å². The summed E-state index contributed by atoms with van der Waals surface area (Å²) >= 11 is 0. The number of furan rings is 1. The summed E-state index contributed by atoms with van der Waals surface area (Å²) in [6.45, 7) is 3.58. The van der Waals surface area contributed by atoms with E-state index in [4.69, 9.17) is 9.52 Å². The fourth-order valence-corrected chi connectivity index (χ4v) is 1.75. The van der Waals surface area contributed by atoms with Crippen LogP contribution < -0.4 is 0 Å². The number of hydrogen-bond donors (Lipinski definition) is 1. The lowest BCUT2D eigenvalue weighted by molar-refractivity contribution is -0.138. The third kappa shape index (κ3) is 1.84. The molecule has 1 heterocycles. The number of allylic oxidation sites excluding steroid dienone is 1. The van der Waals surface area contributed by atoms with Gasteiger partial charge in [-0.15, -0.1) is 6.58 Å². The van der Waals surface area contributed by atoms with Gasteiger partial charge in [-0.2, -0.15) is 0 Å². The van der Waals surface area contributed by atoms with Crippen molar-refractivity contribution in [3.63, 3.8) is 0 Å². The van der Waals surface area contributed by atoms with Crippen LogP contribution in [0.15, 0.2) is 47.6 Å². The Hall–Kier alpha value is -2.03. The van der Waals surface area contributed by atoms with Crippen LogP contribution in [0.5, 0.6) is 0 Å². The van der Waals surface area contributed by atoms with Gasteiger partial charge in [0.25, 0.3) is 0 Å². The lowest BCUT2D eigenvalue weighted by atomic mass is 9.95. The molecule has 0 fully saturated rings. The molecule has 82 valence electrons. The summed E-state index contributed by atoms with van der Waals surface area (Å²) in [5.41, 5.74) is 1.55. The lowest BCUT2D eigenvalue weighted by Crippen LogP contribution is -2.10. The van der Waals surface area contributed by atoms with Crippen molar-refractivity contribution in [3.05, 3.63) is 48.7 Å². The minimum absolute atomic E-state index is 0.429. The maximum Gasteiger partial charge on any atom is 0.311 e. The Morgan fingerprint density at radius 3 is 3.00 bits per heavy atom. The van der Waals surface area contributed by atoms with Crippen LogP contribution in [-0.2, 0) is 4.79 Å². The van der Waals surface area contributed by atoms with Gasteiger partial charge in [0.2, 0.25) is 0 Å². The Bertz CT molecular complexity index is 525. The minimum atomic E-state index is -0.831. The number of carboxylic acids is 1. The predicted molar refractivity (Wildman–Crippen MR) is 61.4 cm³/mol. The first-order valence-electron chi connectivity index (χ1n) is 5.03. The van der Waals surface area contributed by atoms with Crippen molar-refractivity contribution in [1.29, 1.82) is 0 Å². The number of carboxylic acid groups (broad SMARTS) is 1. The molecule has 0 aliphatic heterocycles. The van der Waals surface area contributed by atoms with Gasteiger partial charge in [0, 0.05) is 5.39 Å². The van der Waals surface area contributed by atoms with Crippen molar-refractivity contribution in [1.82, 2.24) is 0 Å². The van der Waals surface area contributed by atoms with Gasteiger partial charge in [0.05, 0.1) is 12.2 Å². The zero-order valence-electron chi connectivity index (χ0n) is 8.72. The Morgan fingerprint density at radius 1 is 1.50 bits per heavy atom. The molecular weight excluding hydrogens is 204 g/mol. The maximum atomic E-state index is 11.1. The zero-order valence-corrected chi connectivity index (χ0v) is 8.72. The first kappa shape index (κ1) is 10.5. The summed E-state index contributed by atoms with van der Waals surface area (Å²) < 4.78 is 5.21. The van der Waals surface area contributed by atoms with Crippen molar-refractivity contribution in [2.24, 2.45) is 0 Å². The second-order valence-electron chi connectivity index (χ2n) is 3.63. The monoisotopic (exact) mass is 216 g/mol. The maximum absolute atomic E-state index is 11.1. The Kier molecular flexibility index (Phi) is 2.77. The summed E-state index contributed by atoms with van der Waals surface area (Å²) in [6.07, 6.45) is 3.65. The van der Waals surface area contributed by atoms with Crippen LogP contribution >= 0.6 is 0 Å². The van der Waals surface area contributed by atoms with Crippen LogP contribution in [0.4, 0.5) is 0 Å². The number of benzene rings is 1. The summed E-state index contributed by atoms with van der Waals surface area (Å²) in [4.78, 5) is 11.1. The zero-order chi connectivity index (χ0) is 11.5. The number of hydrogen-bond acceptors (Lipinski definition) is 2. The van der Waals surface area contributed by atoms with Crippen LogP contribution in [-0.4, -0.2) is 11.1 Å². The average molecular weight is 216 g/mol. The van der Waals surface area contributed by atoms with E-state index in [0.717, 1.165) is 16.5 Å². The van der Waals surface area contributed by atoms with Crippen molar-refractivity contribution in [3.8, 4) is 0 Å². The fourth-order valence-electron chi connectivity index (χ4n) is 1.75. The Labute approximate surface area is 93.0 Å². The molecule has 0 aliphatic rings. The molecule has 3 nitrogen and oxygen atoms in total. The van der Waals surface area contributed by atoms with E-state index >= 15 is 0 Å². The van der Waals surface area contributed by atoms with Gasteiger partial charge in [-0.05, 0) is 30.2 Å². The summed E-state index contributed by atoms with van der Waals surface area (Å²) in [5, 5.41) is 10.0. The molecule has 1 atom stereocenters. The number of rotatable bonds is 4. The quantitative estimate of drug-likeness (QED) is 0.798. The topological polar surface area (TPSA) is 50.4 Å². The van der Waals surface area contributed by atoms with Crippen LogP contribution in [0.3, 0.4) is 0 Å². The SMILES string of the molecule is C=CC[C@@H](C(=O)O)c1ccc2occc2c1. The molecule has 2 aromatic rings. The summed E-state index contributed by atoms with van der Waals surface area (Å²) in [7, 11) is 0. The van der Waals surface area contributed by atoms with Gasteiger partial charge < -0.3 is 9.52 Å². The highest BCUT2D eigenvalue weighted by atomic mass is 16.4. The second kappa shape index (κ2) is 4.23. The van der Waals surface area contributed by atoms with Crippen molar-refractivity contribution in [2.45, 2.75) is 12.3 Å². The van der Waals surface area contributed by atoms with E-state index in [-0.39, 0.29) is 0 Å². The first-order chi connectivity index (χ1) is 7.72. The highest BCUT2D eigenvalue weighted by Gasteiger charge is 2.18. The van der Waals surface area contributed by atoms with E-state index in [2.05, 4.69) is 6.58 Å². The van der Waals surface area contributed by atoms with Gasteiger partial charge in [-0.3, -0.25) is 4.79 Å². The lowest BCUT2D eigenvalue weighted by Gasteiger charge is -2.09. The number of fused-ring (bicyclic) bond motifs is 1. The highest BCUT2D eigenvalue weighted by molar-refractivity contribution is 5.82. The molecule has 0 saturated heterocycles. The Balaban J connectivity index is 2.43. The van der Waals surface area contributed by atoms with Gasteiger partial charge in [0.1, 0.15) is 5.58 Å². The van der Waals surface area contributed by atoms with Gasteiger partial charge in [0.15, 0.2) is 0 Å². The smallest absolute Gasteiger partial charge is 0.311 e. The second-order valence-corrected chi connectivity index (χ2v) is 3.63. The molecule has 0 aliphatic carbocycles. The number of aliphatic carboxylic acids is 1. The van der Waals surface area contributed by atoms with E-state index < -0.39 is 11.9 Å². The standard InChI is InChI=1S/C13H12O3/c1-2-3-11(13(14)15)9-4-5-12-10(8-9)6-7-16-12/h2,4-8,11H,1,3H2,(H,14,15)/t11-/m1/s1. The summed E-state index contributed by atoms with van der Waals surface area (Å²) in [5.74, 6) is -1.36. The molecule has 0 unspecified atom stereocenters. The van der Waals surface area contributed by atoms with E-state index in [1.807, 2.05) is 12.1 Å². The van der Waals surface area contributed by atoms with E-state index in [1.54, 1.807) is 24.5 Å². The number of carbonyl (C=O) groups is 1. The molecule has 0 spiro atoms. The van der Waals surface area contributed by atoms with Gasteiger partial charge in [-0.25, -0.2) is 0 Å². The minimum Gasteiger partial charge on any atom is -0.481 e. The molecule has 0 radical (unpaired) electrons. The van der Waals surface area contributed by atoms with Crippen LogP contribution in [0.25, 0.3) is 11.0 Å². The molecule has 1 N–H and O–H groups in total. The predicted octanol–water partition coefficient (Wildman–Crippen LogP) is 3.18. The summed E-state index contributed by atoms with van der Waals surface area (Å²) in [6, 6.07) is 7.25. The van der Waals surface area contributed by atoms with Crippen molar-refractivity contribution >= 4 is 16.9 Å². The molecule has 2 rings (SSSR count). The van der Waals surface area contributed by atoms with E-state index in [1.165, 1.54) is 0 Å². The fraction of sp³-hybridized carbons (Fsp3) is 0.154. The average Bonchev–Trinajstić information content (AvgIpc) is 2.72. The van der Waals surface area contributed by atoms with E-state index in [9.17, 15) is 4.79 Å².